The van der Waals surface area contributed by atoms with Gasteiger partial charge in [0.25, 0.3) is 0 Å². The number of aromatic nitrogens is 1. The summed E-state index contributed by atoms with van der Waals surface area (Å²) >= 11 is 0. The number of hydrogen-bond donors (Lipinski definition) is 1. The predicted molar refractivity (Wildman–Crippen MR) is 63.9 cm³/mol. The normalized spacial score (nSPS) is 20.3. The predicted octanol–water partition coefficient (Wildman–Crippen LogP) is 2.29. The Morgan fingerprint density at radius 2 is 2.00 bits per heavy atom. The Kier molecular flexibility index (Phi) is 2.55. The molecule has 82 valence electrons. The minimum Gasteiger partial charge on any atom is -0.384 e. The van der Waals surface area contributed by atoms with E-state index in [0.29, 0.717) is 11.2 Å². The van der Waals surface area contributed by atoms with Gasteiger partial charge < -0.3 is 10.6 Å². The average Bonchev–Trinajstić information content (AvgIpc) is 2.17. The van der Waals surface area contributed by atoms with Gasteiger partial charge in [-0.05, 0) is 24.3 Å². The van der Waals surface area contributed by atoms with E-state index in [0.717, 1.165) is 13.1 Å². The van der Waals surface area contributed by atoms with Crippen molar-refractivity contribution in [1.29, 1.82) is 0 Å². The molecule has 2 rings (SSSR count). The molecule has 3 heteroatoms. The Morgan fingerprint density at radius 1 is 1.33 bits per heavy atom. The monoisotopic (exact) mass is 205 g/mol. The molecule has 1 saturated heterocycles. The van der Waals surface area contributed by atoms with Crippen LogP contribution in [-0.2, 0) is 0 Å². The third kappa shape index (κ3) is 2.41. The van der Waals surface area contributed by atoms with Crippen molar-refractivity contribution in [3.63, 3.8) is 0 Å². The molecule has 0 spiro atoms. The lowest BCUT2D eigenvalue weighted by atomic mass is 9.82. The molecule has 0 amide bonds. The molecule has 1 aromatic heterocycles. The third-order valence-electron chi connectivity index (χ3n) is 3.25. The molecule has 1 aliphatic rings. The van der Waals surface area contributed by atoms with Gasteiger partial charge in [-0.15, -0.1) is 0 Å². The number of nitrogens with two attached hydrogens (primary N) is 1. The van der Waals surface area contributed by atoms with Crippen molar-refractivity contribution in [3.8, 4) is 0 Å². The molecule has 3 nitrogen and oxygen atoms in total. The zero-order valence-corrected chi connectivity index (χ0v) is 9.53. The highest BCUT2D eigenvalue weighted by Gasteiger charge is 2.25. The lowest BCUT2D eigenvalue weighted by molar-refractivity contribution is 0.280. The second-order valence-electron chi connectivity index (χ2n) is 5.09. The summed E-state index contributed by atoms with van der Waals surface area (Å²) in [5, 5.41) is 0. The molecule has 1 aromatic rings. The van der Waals surface area contributed by atoms with Crippen molar-refractivity contribution in [2.45, 2.75) is 26.7 Å². The Labute approximate surface area is 91.3 Å². The summed E-state index contributed by atoms with van der Waals surface area (Å²) < 4.78 is 0. The minimum atomic E-state index is 0.495. The lowest BCUT2D eigenvalue weighted by Gasteiger charge is -2.38. The Balaban J connectivity index is 2.08. The maximum absolute atomic E-state index is 5.68. The molecule has 15 heavy (non-hydrogen) atoms. The second-order valence-corrected chi connectivity index (χ2v) is 5.09. The van der Waals surface area contributed by atoms with Gasteiger partial charge in [-0.3, -0.25) is 0 Å². The van der Waals surface area contributed by atoms with Crippen molar-refractivity contribution in [2.24, 2.45) is 5.41 Å². The van der Waals surface area contributed by atoms with Gasteiger partial charge in [0.05, 0.1) is 0 Å². The summed E-state index contributed by atoms with van der Waals surface area (Å²) in [5.74, 6) is 0.609. The van der Waals surface area contributed by atoms with Crippen LogP contribution in [-0.4, -0.2) is 18.1 Å². The first-order valence-corrected chi connectivity index (χ1v) is 5.53. The van der Waals surface area contributed by atoms with Gasteiger partial charge in [-0.1, -0.05) is 13.8 Å². The van der Waals surface area contributed by atoms with E-state index in [1.54, 1.807) is 6.20 Å². The molecule has 0 bridgehead atoms. The number of hydrogen-bond acceptors (Lipinski definition) is 3. The second kappa shape index (κ2) is 3.72. The van der Waals surface area contributed by atoms with E-state index in [9.17, 15) is 0 Å². The van der Waals surface area contributed by atoms with E-state index >= 15 is 0 Å². The van der Waals surface area contributed by atoms with E-state index in [2.05, 4.69) is 23.7 Å². The first-order valence-electron chi connectivity index (χ1n) is 5.53. The summed E-state index contributed by atoms with van der Waals surface area (Å²) in [4.78, 5) is 6.41. The maximum Gasteiger partial charge on any atom is 0.125 e. The largest absolute Gasteiger partial charge is 0.384 e. The summed E-state index contributed by atoms with van der Waals surface area (Å²) in [6, 6.07) is 3.99. The standard InChI is InChI=1S/C12H19N3/c1-12(2)4-7-15(8-5-12)10-3-6-14-11(13)9-10/h3,6,9H,4-5,7-8H2,1-2H3,(H2,13,14). The molecule has 2 heterocycles. The van der Waals surface area contributed by atoms with Crippen LogP contribution in [0.1, 0.15) is 26.7 Å². The fourth-order valence-corrected chi connectivity index (χ4v) is 2.00. The summed E-state index contributed by atoms with van der Waals surface area (Å²) in [6.07, 6.45) is 4.27. The number of nitrogen functional groups attached to an aromatic ring is 1. The van der Waals surface area contributed by atoms with Gasteiger partial charge in [0.2, 0.25) is 0 Å². The fourth-order valence-electron chi connectivity index (χ4n) is 2.00. The molecule has 1 aliphatic heterocycles. The van der Waals surface area contributed by atoms with Gasteiger partial charge in [-0.25, -0.2) is 4.98 Å². The fraction of sp³-hybridized carbons (Fsp3) is 0.583. The van der Waals surface area contributed by atoms with E-state index in [1.807, 2.05) is 12.1 Å². The zero-order chi connectivity index (χ0) is 10.9. The molecule has 0 saturated carbocycles. The van der Waals surface area contributed by atoms with Crippen LogP contribution in [0.15, 0.2) is 18.3 Å². The zero-order valence-electron chi connectivity index (χ0n) is 9.53. The average molecular weight is 205 g/mol. The number of nitrogens with zero attached hydrogens (tertiary/aromatic N) is 2. The van der Waals surface area contributed by atoms with Crippen LogP contribution < -0.4 is 10.6 Å². The lowest BCUT2D eigenvalue weighted by Crippen LogP contribution is -2.37. The highest BCUT2D eigenvalue weighted by atomic mass is 15.1. The smallest absolute Gasteiger partial charge is 0.125 e. The highest BCUT2D eigenvalue weighted by molar-refractivity contribution is 5.52. The van der Waals surface area contributed by atoms with Crippen LogP contribution in [0.2, 0.25) is 0 Å². The number of piperidine rings is 1. The van der Waals surface area contributed by atoms with E-state index in [-0.39, 0.29) is 0 Å². The molecule has 0 aromatic carbocycles. The molecule has 0 radical (unpaired) electrons. The molecular weight excluding hydrogens is 186 g/mol. The summed E-state index contributed by atoms with van der Waals surface area (Å²) in [6.45, 7) is 6.92. The number of anilines is 2. The molecule has 0 aliphatic carbocycles. The topological polar surface area (TPSA) is 42.2 Å². The quantitative estimate of drug-likeness (QED) is 0.765. The van der Waals surface area contributed by atoms with Crippen molar-refractivity contribution in [3.05, 3.63) is 18.3 Å². The van der Waals surface area contributed by atoms with Crippen molar-refractivity contribution >= 4 is 11.5 Å². The van der Waals surface area contributed by atoms with Gasteiger partial charge in [0.15, 0.2) is 0 Å². The maximum atomic E-state index is 5.68. The molecule has 0 atom stereocenters. The minimum absolute atomic E-state index is 0.495. The van der Waals surface area contributed by atoms with Crippen molar-refractivity contribution in [2.75, 3.05) is 23.7 Å². The van der Waals surface area contributed by atoms with Crippen LogP contribution >= 0.6 is 0 Å². The van der Waals surface area contributed by atoms with Crippen LogP contribution in [0.5, 0.6) is 0 Å². The van der Waals surface area contributed by atoms with Crippen LogP contribution in [0, 0.1) is 5.41 Å². The van der Waals surface area contributed by atoms with Gasteiger partial charge in [0, 0.05) is 31.0 Å². The Bertz CT molecular complexity index is 336. The van der Waals surface area contributed by atoms with E-state index in [4.69, 9.17) is 5.73 Å². The van der Waals surface area contributed by atoms with Crippen LogP contribution in [0.3, 0.4) is 0 Å². The number of rotatable bonds is 1. The van der Waals surface area contributed by atoms with Crippen molar-refractivity contribution in [1.82, 2.24) is 4.98 Å². The van der Waals surface area contributed by atoms with Crippen LogP contribution in [0.25, 0.3) is 0 Å². The Morgan fingerprint density at radius 3 is 2.60 bits per heavy atom. The van der Waals surface area contributed by atoms with E-state index in [1.165, 1.54) is 18.5 Å². The number of pyridine rings is 1. The summed E-state index contributed by atoms with van der Waals surface area (Å²) in [5.41, 5.74) is 7.38. The highest BCUT2D eigenvalue weighted by Crippen LogP contribution is 2.32. The summed E-state index contributed by atoms with van der Waals surface area (Å²) in [7, 11) is 0. The van der Waals surface area contributed by atoms with E-state index < -0.39 is 0 Å². The molecule has 2 N–H and O–H groups in total. The SMILES string of the molecule is CC1(C)CCN(c2ccnc(N)c2)CC1. The molecular formula is C12H19N3. The first kappa shape index (κ1) is 10.3. The first-order chi connectivity index (χ1) is 7.07. The molecule has 0 unspecified atom stereocenters. The van der Waals surface area contributed by atoms with Crippen LogP contribution in [0.4, 0.5) is 11.5 Å². The van der Waals surface area contributed by atoms with Gasteiger partial charge in [-0.2, -0.15) is 0 Å². The van der Waals surface area contributed by atoms with Crippen molar-refractivity contribution < 1.29 is 0 Å². The van der Waals surface area contributed by atoms with Gasteiger partial charge in [0.1, 0.15) is 5.82 Å². The Hall–Kier alpha value is -1.25. The third-order valence-corrected chi connectivity index (χ3v) is 3.25. The molecule has 1 fully saturated rings. The van der Waals surface area contributed by atoms with Gasteiger partial charge >= 0.3 is 0 Å².